The fraction of sp³-hybridized carbons (Fsp3) is 0.716. The summed E-state index contributed by atoms with van der Waals surface area (Å²) in [6, 6.07) is 0. The molecule has 0 amide bonds. The van der Waals surface area contributed by atoms with Gasteiger partial charge in [-0.15, -0.1) is 0 Å². The lowest BCUT2D eigenvalue weighted by Crippen LogP contribution is -2.30. The van der Waals surface area contributed by atoms with E-state index in [4.69, 9.17) is 14.2 Å². The van der Waals surface area contributed by atoms with E-state index in [1.54, 1.807) is 0 Å². The Balaban J connectivity index is 4.45. The van der Waals surface area contributed by atoms with Crippen molar-refractivity contribution in [1.29, 1.82) is 0 Å². The summed E-state index contributed by atoms with van der Waals surface area (Å²) in [5.74, 6) is -1.00. The molecule has 0 unspecified atom stereocenters. The van der Waals surface area contributed by atoms with Crippen LogP contribution in [0.25, 0.3) is 0 Å². The van der Waals surface area contributed by atoms with E-state index in [9.17, 15) is 14.4 Å². The van der Waals surface area contributed by atoms with Gasteiger partial charge in [0.25, 0.3) is 0 Å². The highest BCUT2D eigenvalue weighted by atomic mass is 16.6. The third kappa shape index (κ3) is 59.1. The Morgan fingerprint density at radius 3 is 0.945 bits per heavy atom. The molecule has 0 aromatic carbocycles. The number of rotatable bonds is 55. The standard InChI is InChI=1S/C67H114O6/c1-4-7-10-13-16-19-22-25-28-30-32-33-35-37-40-42-45-48-51-54-57-60-66(69)72-63-64(73-67(70)61-58-55-52-49-46-43-38-27-24-21-18-15-12-9-6-3)62-71-65(68)59-56-53-50-47-44-41-39-36-34-31-29-26-23-20-17-14-11-8-5-2/h9,12,17-18,20-21,26-27,29,34,36,38,41,44,50,53,64H,4-8,10-11,13-16,19,22-25,28,30-33,35,37,39-40,42-43,45-49,51-52,54-63H2,1-3H3/b12-9-,20-17-,21-18-,29-26-,36-34-,38-27-,44-41-,53-50-/t64-/m1/s1. The fourth-order valence-electron chi connectivity index (χ4n) is 8.50. The normalized spacial score (nSPS) is 12.8. The highest BCUT2D eigenvalue weighted by molar-refractivity contribution is 5.71. The van der Waals surface area contributed by atoms with Gasteiger partial charge in [0, 0.05) is 19.3 Å². The van der Waals surface area contributed by atoms with Crippen LogP contribution in [-0.2, 0) is 28.6 Å². The lowest BCUT2D eigenvalue weighted by molar-refractivity contribution is -0.166. The molecule has 0 aromatic heterocycles. The van der Waals surface area contributed by atoms with Crippen molar-refractivity contribution in [2.24, 2.45) is 0 Å². The largest absolute Gasteiger partial charge is 0.462 e. The van der Waals surface area contributed by atoms with Crippen molar-refractivity contribution < 1.29 is 28.6 Å². The molecule has 0 radical (unpaired) electrons. The summed E-state index contributed by atoms with van der Waals surface area (Å²) in [6.45, 7) is 6.45. The maximum Gasteiger partial charge on any atom is 0.306 e. The van der Waals surface area contributed by atoms with E-state index in [1.165, 1.54) is 141 Å². The number of unbranched alkanes of at least 4 members (excludes halogenated alkanes) is 28. The van der Waals surface area contributed by atoms with Gasteiger partial charge < -0.3 is 14.2 Å². The molecule has 418 valence electrons. The molecular weight excluding hydrogens is 901 g/mol. The molecule has 1 atom stereocenters. The molecule has 0 fully saturated rings. The van der Waals surface area contributed by atoms with Gasteiger partial charge in [-0.1, -0.05) is 279 Å². The number of ether oxygens (including phenoxy) is 3. The second-order valence-corrected chi connectivity index (χ2v) is 20.2. The summed E-state index contributed by atoms with van der Waals surface area (Å²) in [5, 5.41) is 0. The molecule has 0 saturated carbocycles. The van der Waals surface area contributed by atoms with E-state index < -0.39 is 6.10 Å². The summed E-state index contributed by atoms with van der Waals surface area (Å²) >= 11 is 0. The van der Waals surface area contributed by atoms with Crippen LogP contribution in [0.3, 0.4) is 0 Å². The monoisotopic (exact) mass is 1010 g/mol. The van der Waals surface area contributed by atoms with Crippen molar-refractivity contribution in [3.8, 4) is 0 Å². The number of carbonyl (C=O) groups excluding carboxylic acids is 3. The van der Waals surface area contributed by atoms with E-state index >= 15 is 0 Å². The van der Waals surface area contributed by atoms with Crippen molar-refractivity contribution >= 4 is 17.9 Å². The first-order chi connectivity index (χ1) is 36.0. The molecular formula is C67H114O6. The molecule has 0 N–H and O–H groups in total. The molecule has 0 rings (SSSR count). The highest BCUT2D eigenvalue weighted by Crippen LogP contribution is 2.16. The first-order valence-electron chi connectivity index (χ1n) is 30.7. The van der Waals surface area contributed by atoms with Crippen LogP contribution < -0.4 is 0 Å². The predicted molar refractivity (Wildman–Crippen MR) is 316 cm³/mol. The Hall–Kier alpha value is -3.67. The minimum absolute atomic E-state index is 0.106. The van der Waals surface area contributed by atoms with Gasteiger partial charge >= 0.3 is 17.9 Å². The minimum atomic E-state index is -0.817. The van der Waals surface area contributed by atoms with Crippen molar-refractivity contribution in [1.82, 2.24) is 0 Å². The predicted octanol–water partition coefficient (Wildman–Crippen LogP) is 20.9. The maximum absolute atomic E-state index is 12.9. The molecule has 6 heteroatoms. The highest BCUT2D eigenvalue weighted by Gasteiger charge is 2.19. The summed E-state index contributed by atoms with van der Waals surface area (Å²) in [7, 11) is 0. The van der Waals surface area contributed by atoms with Gasteiger partial charge in [-0.05, 0) is 89.9 Å². The van der Waals surface area contributed by atoms with E-state index in [1.807, 2.05) is 6.08 Å². The van der Waals surface area contributed by atoms with Crippen LogP contribution in [0, 0.1) is 0 Å². The van der Waals surface area contributed by atoms with Gasteiger partial charge in [-0.3, -0.25) is 14.4 Å². The van der Waals surface area contributed by atoms with Crippen LogP contribution in [0.15, 0.2) is 97.2 Å². The maximum atomic E-state index is 12.9. The average molecular weight is 1020 g/mol. The first-order valence-corrected chi connectivity index (χ1v) is 30.7. The minimum Gasteiger partial charge on any atom is -0.462 e. The molecule has 73 heavy (non-hydrogen) atoms. The quantitative estimate of drug-likeness (QED) is 0.0261. The van der Waals surface area contributed by atoms with Crippen molar-refractivity contribution in [2.75, 3.05) is 13.2 Å². The first kappa shape index (κ1) is 69.3. The number of allylic oxidation sites excluding steroid dienone is 16. The molecule has 0 bridgehead atoms. The van der Waals surface area contributed by atoms with Crippen LogP contribution in [0.1, 0.15) is 290 Å². The lowest BCUT2D eigenvalue weighted by atomic mass is 10.0. The fourth-order valence-corrected chi connectivity index (χ4v) is 8.50. The van der Waals surface area contributed by atoms with Crippen molar-refractivity contribution in [2.45, 2.75) is 297 Å². The zero-order chi connectivity index (χ0) is 52.9. The zero-order valence-electron chi connectivity index (χ0n) is 47.9. The third-order valence-electron chi connectivity index (χ3n) is 13.1. The third-order valence-corrected chi connectivity index (χ3v) is 13.1. The van der Waals surface area contributed by atoms with E-state index in [-0.39, 0.29) is 37.5 Å². The van der Waals surface area contributed by atoms with Crippen LogP contribution in [0.5, 0.6) is 0 Å². The Kier molecular flexibility index (Phi) is 57.8. The van der Waals surface area contributed by atoms with Gasteiger partial charge in [0.15, 0.2) is 6.10 Å². The van der Waals surface area contributed by atoms with E-state index in [2.05, 4.69) is 112 Å². The molecule has 6 nitrogen and oxygen atoms in total. The number of hydrogen-bond acceptors (Lipinski definition) is 6. The summed E-state index contributed by atoms with van der Waals surface area (Å²) in [4.78, 5) is 38.2. The molecule has 0 aliphatic rings. The van der Waals surface area contributed by atoms with Gasteiger partial charge in [-0.25, -0.2) is 0 Å². The Bertz CT molecular complexity index is 1440. The molecule has 0 aliphatic carbocycles. The molecule has 0 saturated heterocycles. The van der Waals surface area contributed by atoms with E-state index in [0.29, 0.717) is 19.3 Å². The van der Waals surface area contributed by atoms with Crippen molar-refractivity contribution in [3.63, 3.8) is 0 Å². The summed E-state index contributed by atoms with van der Waals surface area (Å²) < 4.78 is 16.8. The number of esters is 3. The topological polar surface area (TPSA) is 78.9 Å². The SMILES string of the molecule is CC/C=C\C/C=C\C/C=C\CCCCCCCC(=O)O[C@H](COC(=O)CC/C=C\C/C=C\C/C=C\C/C=C\C/C=C\CCCCC)COC(=O)CCCCCCCCCCCCCCCCCCCCCCC. The molecule has 0 aliphatic heterocycles. The number of hydrogen-bond donors (Lipinski definition) is 0. The second-order valence-electron chi connectivity index (χ2n) is 20.2. The van der Waals surface area contributed by atoms with Crippen molar-refractivity contribution in [3.05, 3.63) is 97.2 Å². The molecule has 0 heterocycles. The Labute approximate surface area is 451 Å². The van der Waals surface area contributed by atoms with Gasteiger partial charge in [0.05, 0.1) is 0 Å². The smallest absolute Gasteiger partial charge is 0.306 e. The average Bonchev–Trinajstić information content (AvgIpc) is 3.39. The van der Waals surface area contributed by atoms with Crippen LogP contribution in [-0.4, -0.2) is 37.2 Å². The summed E-state index contributed by atoms with van der Waals surface area (Å²) in [5.41, 5.74) is 0. The van der Waals surface area contributed by atoms with Crippen LogP contribution in [0.4, 0.5) is 0 Å². The Morgan fingerprint density at radius 2 is 0.562 bits per heavy atom. The molecule has 0 spiro atoms. The van der Waals surface area contributed by atoms with Gasteiger partial charge in [0.1, 0.15) is 13.2 Å². The summed E-state index contributed by atoms with van der Waals surface area (Å²) in [6.07, 6.45) is 81.4. The van der Waals surface area contributed by atoms with Gasteiger partial charge in [0.2, 0.25) is 0 Å². The lowest BCUT2D eigenvalue weighted by Gasteiger charge is -2.18. The number of carbonyl (C=O) groups is 3. The van der Waals surface area contributed by atoms with Crippen LogP contribution >= 0.6 is 0 Å². The second kappa shape index (κ2) is 60.9. The molecule has 0 aromatic rings. The zero-order valence-corrected chi connectivity index (χ0v) is 47.9. The van der Waals surface area contributed by atoms with Gasteiger partial charge in [-0.2, -0.15) is 0 Å². The Morgan fingerprint density at radius 1 is 0.288 bits per heavy atom. The van der Waals surface area contributed by atoms with Crippen LogP contribution in [0.2, 0.25) is 0 Å². The van der Waals surface area contributed by atoms with E-state index in [0.717, 1.165) is 103 Å².